The summed E-state index contributed by atoms with van der Waals surface area (Å²) in [5.74, 6) is 0.187. The fourth-order valence-corrected chi connectivity index (χ4v) is 3.23. The fourth-order valence-electron chi connectivity index (χ4n) is 2.57. The van der Waals surface area contributed by atoms with Crippen molar-refractivity contribution in [1.29, 1.82) is 0 Å². The average molecular weight is 281 g/mol. The zero-order chi connectivity index (χ0) is 13.7. The summed E-state index contributed by atoms with van der Waals surface area (Å²) >= 11 is 1.67. The van der Waals surface area contributed by atoms with Crippen molar-refractivity contribution in [2.45, 2.75) is 31.8 Å². The molecule has 0 spiro atoms. The van der Waals surface area contributed by atoms with Crippen molar-refractivity contribution in [2.24, 2.45) is 5.73 Å². The Hall–Kier alpha value is -0.910. The van der Waals surface area contributed by atoms with Crippen LogP contribution in [-0.2, 0) is 11.3 Å². The standard InChI is InChI=1S/C14H23N3OS/c1-16(9-12-5-7-19-11-12)14(18)10-17-6-3-2-4-13(17)8-15/h5,7,11,13H,2-4,6,8-10,15H2,1H3. The number of hydrogen-bond acceptors (Lipinski definition) is 4. The van der Waals surface area contributed by atoms with E-state index in [0.29, 0.717) is 25.7 Å². The van der Waals surface area contributed by atoms with Crippen LogP contribution >= 0.6 is 11.3 Å². The van der Waals surface area contributed by atoms with Crippen molar-refractivity contribution in [3.05, 3.63) is 22.4 Å². The molecule has 1 aliphatic rings. The molecule has 1 aromatic rings. The van der Waals surface area contributed by atoms with E-state index in [-0.39, 0.29) is 5.91 Å². The summed E-state index contributed by atoms with van der Waals surface area (Å²) in [6, 6.07) is 2.45. The number of thiophene rings is 1. The second-order valence-corrected chi connectivity index (χ2v) is 6.02. The molecule has 0 radical (unpaired) electrons. The first-order chi connectivity index (χ1) is 9.20. The van der Waals surface area contributed by atoms with Crippen molar-refractivity contribution in [3.63, 3.8) is 0 Å². The molecule has 5 heteroatoms. The molecule has 1 fully saturated rings. The van der Waals surface area contributed by atoms with E-state index in [9.17, 15) is 4.79 Å². The number of likely N-dealkylation sites (N-methyl/N-ethyl adjacent to an activating group) is 1. The molecule has 4 nitrogen and oxygen atoms in total. The molecule has 1 amide bonds. The zero-order valence-electron chi connectivity index (χ0n) is 11.5. The van der Waals surface area contributed by atoms with Gasteiger partial charge in [0.25, 0.3) is 0 Å². The lowest BCUT2D eigenvalue weighted by Gasteiger charge is -2.35. The number of likely N-dealkylation sites (tertiary alicyclic amines) is 1. The molecule has 0 bridgehead atoms. The lowest BCUT2D eigenvalue weighted by molar-refractivity contribution is -0.132. The quantitative estimate of drug-likeness (QED) is 0.890. The van der Waals surface area contributed by atoms with Crippen LogP contribution in [0.1, 0.15) is 24.8 Å². The molecule has 1 aliphatic heterocycles. The Labute approximate surface area is 119 Å². The van der Waals surface area contributed by atoms with E-state index in [1.165, 1.54) is 18.4 Å². The maximum Gasteiger partial charge on any atom is 0.236 e. The minimum absolute atomic E-state index is 0.187. The van der Waals surface area contributed by atoms with E-state index in [2.05, 4.69) is 16.3 Å². The predicted molar refractivity (Wildman–Crippen MR) is 79.1 cm³/mol. The van der Waals surface area contributed by atoms with Crippen LogP contribution < -0.4 is 5.73 Å². The second kappa shape index (κ2) is 7.03. The van der Waals surface area contributed by atoms with E-state index in [1.807, 2.05) is 17.3 Å². The molecular formula is C14H23N3OS. The first kappa shape index (κ1) is 14.5. The second-order valence-electron chi connectivity index (χ2n) is 5.24. The van der Waals surface area contributed by atoms with Gasteiger partial charge in [-0.2, -0.15) is 11.3 Å². The third-order valence-corrected chi connectivity index (χ3v) is 4.52. The van der Waals surface area contributed by atoms with Crippen molar-refractivity contribution in [1.82, 2.24) is 9.80 Å². The summed E-state index contributed by atoms with van der Waals surface area (Å²) in [6.45, 7) is 2.85. The molecule has 1 saturated heterocycles. The number of rotatable bonds is 5. The molecule has 19 heavy (non-hydrogen) atoms. The Morgan fingerprint density at radius 3 is 3.11 bits per heavy atom. The minimum atomic E-state index is 0.187. The normalized spacial score (nSPS) is 20.4. The van der Waals surface area contributed by atoms with Crippen LogP contribution in [0.25, 0.3) is 0 Å². The summed E-state index contributed by atoms with van der Waals surface area (Å²) < 4.78 is 0. The lowest BCUT2D eigenvalue weighted by Crippen LogP contribution is -2.48. The molecule has 0 aliphatic carbocycles. The van der Waals surface area contributed by atoms with Gasteiger partial charge in [-0.15, -0.1) is 0 Å². The molecule has 1 unspecified atom stereocenters. The van der Waals surface area contributed by atoms with Crippen molar-refractivity contribution < 1.29 is 4.79 Å². The number of amides is 1. The summed E-state index contributed by atoms with van der Waals surface area (Å²) in [6.07, 6.45) is 3.54. The molecule has 2 heterocycles. The molecular weight excluding hydrogens is 258 g/mol. The van der Waals surface area contributed by atoms with Gasteiger partial charge < -0.3 is 10.6 Å². The van der Waals surface area contributed by atoms with Gasteiger partial charge in [-0.25, -0.2) is 0 Å². The van der Waals surface area contributed by atoms with Crippen LogP contribution in [-0.4, -0.2) is 48.4 Å². The Balaban J connectivity index is 1.85. The van der Waals surface area contributed by atoms with E-state index >= 15 is 0 Å². The molecule has 1 aromatic heterocycles. The average Bonchev–Trinajstić information content (AvgIpc) is 2.92. The predicted octanol–water partition coefficient (Wildman–Crippen LogP) is 1.52. The zero-order valence-corrected chi connectivity index (χ0v) is 12.4. The van der Waals surface area contributed by atoms with Crippen LogP contribution in [0, 0.1) is 0 Å². The van der Waals surface area contributed by atoms with Crippen LogP contribution in [0.5, 0.6) is 0 Å². The van der Waals surface area contributed by atoms with Gasteiger partial charge in [-0.1, -0.05) is 6.42 Å². The number of nitrogens with zero attached hydrogens (tertiary/aromatic N) is 2. The van der Waals surface area contributed by atoms with Crippen molar-refractivity contribution in [2.75, 3.05) is 26.7 Å². The molecule has 106 valence electrons. The number of piperidine rings is 1. The lowest BCUT2D eigenvalue weighted by atomic mass is 10.0. The highest BCUT2D eigenvalue weighted by atomic mass is 32.1. The SMILES string of the molecule is CN(Cc1ccsc1)C(=O)CN1CCCCC1CN. The van der Waals surface area contributed by atoms with Crippen LogP contribution in [0.15, 0.2) is 16.8 Å². The minimum Gasteiger partial charge on any atom is -0.340 e. The first-order valence-electron chi connectivity index (χ1n) is 6.90. The number of carbonyl (C=O) groups excluding carboxylic acids is 1. The highest BCUT2D eigenvalue weighted by molar-refractivity contribution is 7.07. The Morgan fingerprint density at radius 1 is 1.58 bits per heavy atom. The monoisotopic (exact) mass is 281 g/mol. The van der Waals surface area contributed by atoms with Gasteiger partial charge in [-0.3, -0.25) is 9.69 Å². The van der Waals surface area contributed by atoms with Gasteiger partial charge in [0, 0.05) is 26.2 Å². The van der Waals surface area contributed by atoms with Gasteiger partial charge in [0.1, 0.15) is 0 Å². The van der Waals surface area contributed by atoms with Crippen molar-refractivity contribution >= 4 is 17.2 Å². The van der Waals surface area contributed by atoms with Crippen LogP contribution in [0.4, 0.5) is 0 Å². The maximum atomic E-state index is 12.2. The number of hydrogen-bond donors (Lipinski definition) is 1. The summed E-state index contributed by atoms with van der Waals surface area (Å²) in [4.78, 5) is 16.3. The van der Waals surface area contributed by atoms with E-state index in [4.69, 9.17) is 5.73 Å². The van der Waals surface area contributed by atoms with Crippen LogP contribution in [0.2, 0.25) is 0 Å². The smallest absolute Gasteiger partial charge is 0.236 e. The van der Waals surface area contributed by atoms with Gasteiger partial charge >= 0.3 is 0 Å². The van der Waals surface area contributed by atoms with E-state index in [0.717, 1.165) is 13.0 Å². The van der Waals surface area contributed by atoms with Crippen LogP contribution in [0.3, 0.4) is 0 Å². The third kappa shape index (κ3) is 4.03. The number of carbonyl (C=O) groups is 1. The van der Waals surface area contributed by atoms with E-state index in [1.54, 1.807) is 11.3 Å². The van der Waals surface area contributed by atoms with Gasteiger partial charge in [0.2, 0.25) is 5.91 Å². The van der Waals surface area contributed by atoms with Gasteiger partial charge in [-0.05, 0) is 41.8 Å². The Bertz CT molecular complexity index is 393. The Kier molecular flexibility index (Phi) is 5.36. The topological polar surface area (TPSA) is 49.6 Å². The van der Waals surface area contributed by atoms with E-state index < -0.39 is 0 Å². The molecule has 2 rings (SSSR count). The van der Waals surface area contributed by atoms with Crippen molar-refractivity contribution in [3.8, 4) is 0 Å². The Morgan fingerprint density at radius 2 is 2.42 bits per heavy atom. The summed E-state index contributed by atoms with van der Waals surface area (Å²) in [5.41, 5.74) is 6.99. The maximum absolute atomic E-state index is 12.2. The molecule has 0 aromatic carbocycles. The third-order valence-electron chi connectivity index (χ3n) is 3.79. The molecule has 0 saturated carbocycles. The summed E-state index contributed by atoms with van der Waals surface area (Å²) in [5, 5.41) is 4.14. The highest BCUT2D eigenvalue weighted by Crippen LogP contribution is 2.16. The molecule has 1 atom stereocenters. The largest absolute Gasteiger partial charge is 0.340 e. The van der Waals surface area contributed by atoms with Gasteiger partial charge in [0.05, 0.1) is 6.54 Å². The first-order valence-corrected chi connectivity index (χ1v) is 7.84. The highest BCUT2D eigenvalue weighted by Gasteiger charge is 2.24. The van der Waals surface area contributed by atoms with Gasteiger partial charge in [0.15, 0.2) is 0 Å². The summed E-state index contributed by atoms with van der Waals surface area (Å²) in [7, 11) is 1.88. The fraction of sp³-hybridized carbons (Fsp3) is 0.643. The number of nitrogens with two attached hydrogens (primary N) is 1. The molecule has 2 N–H and O–H groups in total.